The van der Waals surface area contributed by atoms with Crippen LogP contribution in [0.5, 0.6) is 0 Å². The minimum atomic E-state index is -0.0545. The van der Waals surface area contributed by atoms with Crippen molar-refractivity contribution >= 4 is 57.3 Å². The molecule has 110 valence electrons. The number of nitrogens with zero attached hydrogens (tertiary/aromatic N) is 2. The quantitative estimate of drug-likeness (QED) is 0.652. The summed E-state index contributed by atoms with van der Waals surface area (Å²) in [4.78, 5) is 12.2. The van der Waals surface area contributed by atoms with Crippen molar-refractivity contribution in [3.8, 4) is 0 Å². The SMILES string of the molecule is CSc1nnc(NC(=O)[C@H]2C[C@@H]2c2cc(Cl)cc(Cl)c2)s1. The molecule has 1 aliphatic carbocycles. The zero-order chi connectivity index (χ0) is 15.0. The van der Waals surface area contributed by atoms with Crippen LogP contribution in [-0.4, -0.2) is 22.4 Å². The van der Waals surface area contributed by atoms with Crippen LogP contribution in [0.3, 0.4) is 0 Å². The zero-order valence-corrected chi connectivity index (χ0v) is 14.1. The Morgan fingerprint density at radius 3 is 2.67 bits per heavy atom. The number of carbonyl (C=O) groups excluding carboxylic acids is 1. The van der Waals surface area contributed by atoms with Crippen LogP contribution in [0, 0.1) is 5.92 Å². The van der Waals surface area contributed by atoms with Gasteiger partial charge in [0.15, 0.2) is 4.34 Å². The van der Waals surface area contributed by atoms with Gasteiger partial charge in [-0.2, -0.15) is 0 Å². The third-order valence-electron chi connectivity index (χ3n) is 3.25. The summed E-state index contributed by atoms with van der Waals surface area (Å²) in [7, 11) is 0. The minimum Gasteiger partial charge on any atom is -0.300 e. The van der Waals surface area contributed by atoms with Gasteiger partial charge in [-0.1, -0.05) is 46.3 Å². The highest BCUT2D eigenvalue weighted by molar-refractivity contribution is 8.00. The number of nitrogens with one attached hydrogen (secondary N) is 1. The molecule has 2 atom stereocenters. The van der Waals surface area contributed by atoms with E-state index in [1.54, 1.807) is 6.07 Å². The summed E-state index contributed by atoms with van der Waals surface area (Å²) in [6.07, 6.45) is 2.72. The molecule has 1 aliphatic rings. The number of hydrogen-bond donors (Lipinski definition) is 1. The predicted octanol–water partition coefficient (Wildman–Crippen LogP) is 4.31. The molecule has 0 unspecified atom stereocenters. The first kappa shape index (κ1) is 15.1. The van der Waals surface area contributed by atoms with E-state index in [1.807, 2.05) is 18.4 Å². The smallest absolute Gasteiger partial charge is 0.229 e. The fraction of sp³-hybridized carbons (Fsp3) is 0.308. The molecule has 1 heterocycles. The van der Waals surface area contributed by atoms with Gasteiger partial charge in [0.25, 0.3) is 0 Å². The summed E-state index contributed by atoms with van der Waals surface area (Å²) >= 11 is 14.9. The average molecular weight is 360 g/mol. The van der Waals surface area contributed by atoms with E-state index in [9.17, 15) is 4.79 Å². The third kappa shape index (κ3) is 3.51. The zero-order valence-electron chi connectivity index (χ0n) is 11.0. The van der Waals surface area contributed by atoms with E-state index in [1.165, 1.54) is 23.1 Å². The van der Waals surface area contributed by atoms with Crippen LogP contribution in [0.4, 0.5) is 5.13 Å². The van der Waals surface area contributed by atoms with Gasteiger partial charge in [-0.15, -0.1) is 10.2 Å². The number of anilines is 1. The summed E-state index contributed by atoms with van der Waals surface area (Å²) in [5, 5.41) is 12.4. The topological polar surface area (TPSA) is 54.9 Å². The third-order valence-corrected chi connectivity index (χ3v) is 5.50. The van der Waals surface area contributed by atoms with Crippen molar-refractivity contribution in [3.05, 3.63) is 33.8 Å². The number of hydrogen-bond acceptors (Lipinski definition) is 5. The molecule has 0 radical (unpaired) electrons. The van der Waals surface area contributed by atoms with Gasteiger partial charge < -0.3 is 5.32 Å². The van der Waals surface area contributed by atoms with Gasteiger partial charge in [-0.3, -0.25) is 4.79 Å². The maximum Gasteiger partial charge on any atom is 0.229 e. The lowest BCUT2D eigenvalue weighted by molar-refractivity contribution is -0.117. The Labute approximate surface area is 140 Å². The predicted molar refractivity (Wildman–Crippen MR) is 87.6 cm³/mol. The van der Waals surface area contributed by atoms with Crippen LogP contribution in [-0.2, 0) is 4.79 Å². The second kappa shape index (κ2) is 6.12. The van der Waals surface area contributed by atoms with E-state index in [4.69, 9.17) is 23.2 Å². The van der Waals surface area contributed by atoms with Crippen molar-refractivity contribution in [2.24, 2.45) is 5.92 Å². The molecular weight excluding hydrogens is 349 g/mol. The van der Waals surface area contributed by atoms with Gasteiger partial charge in [0.2, 0.25) is 11.0 Å². The molecular formula is C13H11Cl2N3OS2. The van der Waals surface area contributed by atoms with Crippen LogP contribution >= 0.6 is 46.3 Å². The maximum absolute atomic E-state index is 12.2. The molecule has 1 N–H and O–H groups in total. The highest BCUT2D eigenvalue weighted by atomic mass is 35.5. The van der Waals surface area contributed by atoms with Gasteiger partial charge in [0.05, 0.1) is 0 Å². The standard InChI is InChI=1S/C13H11Cl2N3OS2/c1-20-13-18-17-12(21-13)16-11(19)10-5-9(10)6-2-7(14)4-8(15)3-6/h2-4,9-10H,5H2,1H3,(H,16,17,19)/t9-,10+/m1/s1. The van der Waals surface area contributed by atoms with E-state index in [0.717, 1.165) is 16.3 Å². The number of amides is 1. The molecule has 8 heteroatoms. The van der Waals surface area contributed by atoms with Crippen molar-refractivity contribution in [1.29, 1.82) is 0 Å². The Hall–Kier alpha value is -0.820. The first-order chi connectivity index (χ1) is 10.1. The lowest BCUT2D eigenvalue weighted by Gasteiger charge is -2.03. The maximum atomic E-state index is 12.2. The van der Waals surface area contributed by atoms with Gasteiger partial charge >= 0.3 is 0 Å². The monoisotopic (exact) mass is 359 g/mol. The Morgan fingerprint density at radius 1 is 1.33 bits per heavy atom. The number of aromatic nitrogens is 2. The van der Waals surface area contributed by atoms with Gasteiger partial charge in [0.1, 0.15) is 0 Å². The molecule has 4 nitrogen and oxygen atoms in total. The van der Waals surface area contributed by atoms with Gasteiger partial charge in [-0.05, 0) is 42.4 Å². The van der Waals surface area contributed by atoms with E-state index < -0.39 is 0 Å². The highest BCUT2D eigenvalue weighted by Gasteiger charge is 2.44. The number of rotatable bonds is 4. The molecule has 1 aromatic carbocycles. The molecule has 1 aromatic heterocycles. The van der Waals surface area contributed by atoms with E-state index in [2.05, 4.69) is 15.5 Å². The largest absolute Gasteiger partial charge is 0.300 e. The fourth-order valence-corrected chi connectivity index (χ4v) is 3.90. The lowest BCUT2D eigenvalue weighted by Crippen LogP contribution is -2.14. The fourth-order valence-electron chi connectivity index (χ4n) is 2.18. The number of carbonyl (C=O) groups is 1. The first-order valence-corrected chi connectivity index (χ1v) is 9.01. The molecule has 1 amide bonds. The Bertz CT molecular complexity index is 672. The summed E-state index contributed by atoms with van der Waals surface area (Å²) in [6, 6.07) is 5.42. The second-order valence-electron chi connectivity index (χ2n) is 4.72. The molecule has 2 aromatic rings. The number of thioether (sulfide) groups is 1. The highest BCUT2D eigenvalue weighted by Crippen LogP contribution is 2.49. The molecule has 3 rings (SSSR count). The summed E-state index contributed by atoms with van der Waals surface area (Å²) < 4.78 is 0.833. The minimum absolute atomic E-state index is 0.0279. The van der Waals surface area contributed by atoms with E-state index >= 15 is 0 Å². The van der Waals surface area contributed by atoms with Crippen molar-refractivity contribution in [2.45, 2.75) is 16.7 Å². The summed E-state index contributed by atoms with van der Waals surface area (Å²) in [6.45, 7) is 0. The molecule has 0 spiro atoms. The summed E-state index contributed by atoms with van der Waals surface area (Å²) in [5.41, 5.74) is 1.01. The summed E-state index contributed by atoms with van der Waals surface area (Å²) in [5.74, 6) is 0.0928. The van der Waals surface area contributed by atoms with Gasteiger partial charge in [0, 0.05) is 16.0 Å². The van der Waals surface area contributed by atoms with E-state index in [0.29, 0.717) is 15.2 Å². The Balaban J connectivity index is 1.65. The van der Waals surface area contributed by atoms with Crippen LogP contribution < -0.4 is 5.32 Å². The normalized spacial score (nSPS) is 20.3. The Kier molecular flexibility index (Phi) is 4.40. The van der Waals surface area contributed by atoms with Crippen molar-refractivity contribution in [3.63, 3.8) is 0 Å². The van der Waals surface area contributed by atoms with Crippen LogP contribution in [0.25, 0.3) is 0 Å². The van der Waals surface area contributed by atoms with Crippen molar-refractivity contribution in [1.82, 2.24) is 10.2 Å². The molecule has 1 saturated carbocycles. The first-order valence-electron chi connectivity index (χ1n) is 6.21. The van der Waals surface area contributed by atoms with Crippen molar-refractivity contribution < 1.29 is 4.79 Å². The second-order valence-corrected chi connectivity index (χ2v) is 7.62. The molecule has 0 bridgehead atoms. The number of benzene rings is 1. The molecule has 0 aliphatic heterocycles. The number of halogens is 2. The molecule has 1 fully saturated rings. The van der Waals surface area contributed by atoms with E-state index in [-0.39, 0.29) is 17.7 Å². The average Bonchev–Trinajstić information content (AvgIpc) is 3.12. The Morgan fingerprint density at radius 2 is 2.05 bits per heavy atom. The van der Waals surface area contributed by atoms with Gasteiger partial charge in [-0.25, -0.2) is 0 Å². The molecule has 21 heavy (non-hydrogen) atoms. The van der Waals surface area contributed by atoms with Crippen molar-refractivity contribution in [2.75, 3.05) is 11.6 Å². The lowest BCUT2D eigenvalue weighted by atomic mass is 10.1. The van der Waals surface area contributed by atoms with Crippen LogP contribution in [0.2, 0.25) is 10.0 Å². The van der Waals surface area contributed by atoms with Crippen LogP contribution in [0.15, 0.2) is 22.5 Å². The molecule has 0 saturated heterocycles. The van der Waals surface area contributed by atoms with Crippen LogP contribution in [0.1, 0.15) is 17.9 Å².